The van der Waals surface area contributed by atoms with Crippen LogP contribution in [0.1, 0.15) is 271 Å². The number of ether oxygens (including phenoxy) is 3. The van der Waals surface area contributed by atoms with E-state index >= 15 is 0 Å². The van der Waals surface area contributed by atoms with Crippen molar-refractivity contribution in [1.82, 2.24) is 0 Å². The summed E-state index contributed by atoms with van der Waals surface area (Å²) in [5.74, 6) is -0.887. The van der Waals surface area contributed by atoms with Crippen LogP contribution in [0, 0.1) is 0 Å². The van der Waals surface area contributed by atoms with Gasteiger partial charge in [-0.2, -0.15) is 0 Å². The molecule has 0 saturated heterocycles. The third-order valence-corrected chi connectivity index (χ3v) is 11.8. The summed E-state index contributed by atoms with van der Waals surface area (Å²) in [6, 6.07) is 0. The minimum absolute atomic E-state index is 0.0777. The van der Waals surface area contributed by atoms with E-state index in [0.717, 1.165) is 103 Å². The van der Waals surface area contributed by atoms with Gasteiger partial charge in [0.2, 0.25) is 0 Å². The molecule has 0 N–H and O–H groups in total. The van der Waals surface area contributed by atoms with E-state index in [-0.39, 0.29) is 31.1 Å². The van der Waals surface area contributed by atoms with Crippen LogP contribution in [0.3, 0.4) is 0 Å². The molecule has 1 atom stereocenters. The molecule has 0 saturated carbocycles. The summed E-state index contributed by atoms with van der Waals surface area (Å²) in [6.07, 6.45) is 64.9. The van der Waals surface area contributed by atoms with Crippen molar-refractivity contribution in [3.63, 3.8) is 0 Å². The van der Waals surface area contributed by atoms with Crippen molar-refractivity contribution in [2.24, 2.45) is 0 Å². The first-order chi connectivity index (χ1) is 31.5. The van der Waals surface area contributed by atoms with E-state index < -0.39 is 6.10 Å². The van der Waals surface area contributed by atoms with Crippen molar-refractivity contribution in [3.05, 3.63) is 60.8 Å². The Morgan fingerprint density at radius 3 is 0.984 bits per heavy atom. The van der Waals surface area contributed by atoms with Crippen molar-refractivity contribution >= 4 is 17.9 Å². The number of esters is 3. The minimum Gasteiger partial charge on any atom is -0.462 e. The predicted octanol–water partition coefficient (Wildman–Crippen LogP) is 18.0. The van der Waals surface area contributed by atoms with Gasteiger partial charge in [0.05, 0.1) is 0 Å². The topological polar surface area (TPSA) is 78.9 Å². The second-order valence-electron chi connectivity index (χ2n) is 18.1. The molecule has 0 aliphatic carbocycles. The van der Waals surface area contributed by atoms with Gasteiger partial charge >= 0.3 is 17.9 Å². The highest BCUT2D eigenvalue weighted by atomic mass is 16.6. The van der Waals surface area contributed by atoms with Gasteiger partial charge in [-0.3, -0.25) is 14.4 Å². The summed E-state index contributed by atoms with van der Waals surface area (Å²) in [5, 5.41) is 0. The summed E-state index contributed by atoms with van der Waals surface area (Å²) >= 11 is 0. The smallest absolute Gasteiger partial charge is 0.306 e. The van der Waals surface area contributed by atoms with Gasteiger partial charge in [0, 0.05) is 19.3 Å². The molecule has 6 nitrogen and oxygen atoms in total. The van der Waals surface area contributed by atoms with Crippen molar-refractivity contribution < 1.29 is 28.6 Å². The Morgan fingerprint density at radius 2 is 0.609 bits per heavy atom. The van der Waals surface area contributed by atoms with Crippen LogP contribution in [-0.4, -0.2) is 37.2 Å². The average Bonchev–Trinajstić information content (AvgIpc) is 3.29. The fourth-order valence-corrected chi connectivity index (χ4v) is 7.66. The van der Waals surface area contributed by atoms with Gasteiger partial charge in [0.25, 0.3) is 0 Å². The largest absolute Gasteiger partial charge is 0.462 e. The second kappa shape index (κ2) is 52.7. The summed E-state index contributed by atoms with van der Waals surface area (Å²) in [6.45, 7) is 6.51. The number of hydrogen-bond acceptors (Lipinski definition) is 6. The van der Waals surface area contributed by atoms with Crippen LogP contribution in [-0.2, 0) is 28.6 Å². The van der Waals surface area contributed by atoms with Gasteiger partial charge in [-0.25, -0.2) is 0 Å². The number of hydrogen-bond donors (Lipinski definition) is 0. The van der Waals surface area contributed by atoms with Crippen molar-refractivity contribution in [3.8, 4) is 0 Å². The quantitative estimate of drug-likeness (QED) is 0.0262. The molecule has 0 bridgehead atoms. The molecule has 64 heavy (non-hydrogen) atoms. The summed E-state index contributed by atoms with van der Waals surface area (Å²) in [7, 11) is 0. The Kier molecular flexibility index (Phi) is 50.4. The maximum Gasteiger partial charge on any atom is 0.306 e. The molecule has 0 aliphatic rings. The Balaban J connectivity index is 4.33. The van der Waals surface area contributed by atoms with E-state index in [1.807, 2.05) is 0 Å². The van der Waals surface area contributed by atoms with Gasteiger partial charge in [-0.1, -0.05) is 229 Å². The molecule has 0 rings (SSSR count). The van der Waals surface area contributed by atoms with E-state index in [9.17, 15) is 14.4 Å². The molecular formula is C58H102O6. The van der Waals surface area contributed by atoms with Crippen molar-refractivity contribution in [2.45, 2.75) is 277 Å². The Hall–Kier alpha value is -2.89. The van der Waals surface area contributed by atoms with Gasteiger partial charge in [-0.05, 0) is 83.5 Å². The van der Waals surface area contributed by atoms with E-state index in [1.54, 1.807) is 0 Å². The summed E-state index contributed by atoms with van der Waals surface area (Å²) in [4.78, 5) is 38.0. The first-order valence-corrected chi connectivity index (χ1v) is 27.3. The third kappa shape index (κ3) is 50.1. The maximum absolute atomic E-state index is 12.8. The predicted molar refractivity (Wildman–Crippen MR) is 275 cm³/mol. The van der Waals surface area contributed by atoms with E-state index in [1.165, 1.54) is 128 Å². The SMILES string of the molecule is CC/C=C\C/C=C\C/C=C\C/C=C\CCCCCCCCCCC(=O)OCC(COC(=O)CCCCCCCCCCCCCC)OC(=O)CCCCCCC/C=C\CCCCCC. The molecule has 0 radical (unpaired) electrons. The van der Waals surface area contributed by atoms with Gasteiger partial charge in [-0.15, -0.1) is 0 Å². The highest BCUT2D eigenvalue weighted by molar-refractivity contribution is 5.71. The molecule has 0 aromatic heterocycles. The van der Waals surface area contributed by atoms with Gasteiger partial charge < -0.3 is 14.2 Å². The molecule has 1 unspecified atom stereocenters. The highest BCUT2D eigenvalue weighted by Crippen LogP contribution is 2.15. The molecule has 0 heterocycles. The van der Waals surface area contributed by atoms with E-state index in [2.05, 4.69) is 81.5 Å². The lowest BCUT2D eigenvalue weighted by molar-refractivity contribution is -0.167. The van der Waals surface area contributed by atoms with Crippen LogP contribution in [0.25, 0.3) is 0 Å². The Morgan fingerprint density at radius 1 is 0.328 bits per heavy atom. The monoisotopic (exact) mass is 895 g/mol. The lowest BCUT2D eigenvalue weighted by Gasteiger charge is -2.18. The average molecular weight is 895 g/mol. The second-order valence-corrected chi connectivity index (χ2v) is 18.1. The molecule has 0 aliphatic heterocycles. The number of carbonyl (C=O) groups excluding carboxylic acids is 3. The molecule has 370 valence electrons. The molecule has 0 fully saturated rings. The van der Waals surface area contributed by atoms with Crippen LogP contribution in [0.2, 0.25) is 0 Å². The van der Waals surface area contributed by atoms with Crippen LogP contribution < -0.4 is 0 Å². The maximum atomic E-state index is 12.8. The highest BCUT2D eigenvalue weighted by Gasteiger charge is 2.19. The van der Waals surface area contributed by atoms with E-state index in [0.29, 0.717) is 19.3 Å². The molecule has 0 aromatic carbocycles. The summed E-state index contributed by atoms with van der Waals surface area (Å²) in [5.41, 5.74) is 0. The minimum atomic E-state index is -0.779. The zero-order valence-electron chi connectivity index (χ0n) is 42.3. The zero-order valence-corrected chi connectivity index (χ0v) is 42.3. The zero-order chi connectivity index (χ0) is 46.5. The molecular weight excluding hydrogens is 793 g/mol. The normalized spacial score (nSPS) is 12.5. The standard InChI is InChI=1S/C58H102O6/c1-4-7-10-13-16-19-22-25-26-27-28-29-30-31-32-34-36-39-42-45-48-51-57(60)63-54-55(53-62-56(59)50-47-44-41-38-35-24-21-18-15-12-9-6-3)64-58(61)52-49-46-43-40-37-33-23-20-17-14-11-8-5-2/h7,10,16,19-20,23,25-26,28-29,55H,4-6,8-9,11-15,17-18,21-22,24,27,30-54H2,1-3H3/b10-7-,19-16-,23-20-,26-25-,29-28-. The van der Waals surface area contributed by atoms with Gasteiger partial charge in [0.15, 0.2) is 6.10 Å². The lowest BCUT2D eigenvalue weighted by Crippen LogP contribution is -2.30. The Bertz CT molecular complexity index is 1170. The van der Waals surface area contributed by atoms with Gasteiger partial charge in [0.1, 0.15) is 13.2 Å². The Labute approximate surface area is 396 Å². The first kappa shape index (κ1) is 61.1. The number of rotatable bonds is 49. The molecule has 6 heteroatoms. The molecule has 0 amide bonds. The third-order valence-electron chi connectivity index (χ3n) is 11.8. The number of allylic oxidation sites excluding steroid dienone is 10. The van der Waals surface area contributed by atoms with Crippen LogP contribution in [0.4, 0.5) is 0 Å². The van der Waals surface area contributed by atoms with Crippen LogP contribution in [0.15, 0.2) is 60.8 Å². The molecule has 0 spiro atoms. The fourth-order valence-electron chi connectivity index (χ4n) is 7.66. The van der Waals surface area contributed by atoms with Crippen molar-refractivity contribution in [2.75, 3.05) is 13.2 Å². The van der Waals surface area contributed by atoms with Crippen LogP contribution >= 0.6 is 0 Å². The molecule has 0 aromatic rings. The van der Waals surface area contributed by atoms with E-state index in [4.69, 9.17) is 14.2 Å². The van der Waals surface area contributed by atoms with Crippen LogP contribution in [0.5, 0.6) is 0 Å². The number of unbranched alkanes of at least 4 members (excludes halogenated alkanes) is 28. The lowest BCUT2D eigenvalue weighted by atomic mass is 10.0. The number of carbonyl (C=O) groups is 3. The summed E-state index contributed by atoms with van der Waals surface area (Å²) < 4.78 is 16.8. The first-order valence-electron chi connectivity index (χ1n) is 27.3. The van der Waals surface area contributed by atoms with Crippen molar-refractivity contribution in [1.29, 1.82) is 0 Å². The fraction of sp³-hybridized carbons (Fsp3) is 0.776.